The number of oxazole rings is 1. The third-order valence-corrected chi connectivity index (χ3v) is 4.16. The fraction of sp³-hybridized carbons (Fsp3) is 0.467. The average molecular weight is 308 g/mol. The van der Waals surface area contributed by atoms with Crippen LogP contribution in [-0.4, -0.2) is 36.1 Å². The Morgan fingerprint density at radius 2 is 2.33 bits per heavy atom. The summed E-state index contributed by atoms with van der Waals surface area (Å²) in [6, 6.07) is 3.97. The number of carbonyl (C=O) groups excluding carboxylic acids is 1. The van der Waals surface area contributed by atoms with Crippen molar-refractivity contribution in [2.45, 2.75) is 26.8 Å². The van der Waals surface area contributed by atoms with Crippen LogP contribution in [0.4, 0.5) is 0 Å². The molecule has 0 amide bonds. The Hall–Kier alpha value is -1.66. The van der Waals surface area contributed by atoms with E-state index in [2.05, 4.69) is 21.5 Å². The number of hydrogen-bond donors (Lipinski definition) is 0. The zero-order valence-corrected chi connectivity index (χ0v) is 13.4. The number of aromatic nitrogens is 1. The maximum atomic E-state index is 11.2. The highest BCUT2D eigenvalue weighted by atomic mass is 32.1. The number of ether oxygens (including phenoxy) is 1. The van der Waals surface area contributed by atoms with Crippen LogP contribution in [0, 0.1) is 6.92 Å². The summed E-state index contributed by atoms with van der Waals surface area (Å²) < 4.78 is 10.4. The summed E-state index contributed by atoms with van der Waals surface area (Å²) in [5.74, 6) is 1.31. The molecule has 114 valence electrons. The van der Waals surface area contributed by atoms with Gasteiger partial charge in [-0.1, -0.05) is 13.0 Å². The predicted octanol–water partition coefficient (Wildman–Crippen LogP) is 3.10. The standard InChI is InChI=1S/C15H20N2O3S/c1-4-17(8-7-14(18)19-3)10-12-11(2)20-15(16-12)13-6-5-9-21-13/h5-6,9H,4,7-8,10H2,1-3H3. The van der Waals surface area contributed by atoms with Crippen molar-refractivity contribution in [2.75, 3.05) is 20.2 Å². The molecule has 0 unspecified atom stereocenters. The van der Waals surface area contributed by atoms with Crippen molar-refractivity contribution in [1.29, 1.82) is 0 Å². The topological polar surface area (TPSA) is 55.6 Å². The van der Waals surface area contributed by atoms with Crippen LogP contribution in [0.15, 0.2) is 21.9 Å². The van der Waals surface area contributed by atoms with Crippen LogP contribution in [-0.2, 0) is 16.1 Å². The van der Waals surface area contributed by atoms with Crippen LogP contribution >= 0.6 is 11.3 Å². The van der Waals surface area contributed by atoms with E-state index in [9.17, 15) is 4.79 Å². The Kier molecular flexibility index (Phi) is 5.52. The quantitative estimate of drug-likeness (QED) is 0.736. The summed E-state index contributed by atoms with van der Waals surface area (Å²) in [6.45, 7) is 6.16. The van der Waals surface area contributed by atoms with Crippen molar-refractivity contribution in [3.05, 3.63) is 29.0 Å². The minimum Gasteiger partial charge on any atom is -0.469 e. The van der Waals surface area contributed by atoms with Gasteiger partial charge in [-0.25, -0.2) is 4.98 Å². The number of nitrogens with zero attached hydrogens (tertiary/aromatic N) is 2. The average Bonchev–Trinajstić information content (AvgIpc) is 3.13. The first-order chi connectivity index (χ1) is 10.1. The molecule has 21 heavy (non-hydrogen) atoms. The van der Waals surface area contributed by atoms with Gasteiger partial charge in [-0.15, -0.1) is 11.3 Å². The fourth-order valence-corrected chi connectivity index (χ4v) is 2.64. The molecule has 0 spiro atoms. The minimum absolute atomic E-state index is 0.190. The molecule has 0 aromatic carbocycles. The highest BCUT2D eigenvalue weighted by molar-refractivity contribution is 7.13. The molecule has 2 heterocycles. The van der Waals surface area contributed by atoms with Gasteiger partial charge in [-0.2, -0.15) is 0 Å². The lowest BCUT2D eigenvalue weighted by Crippen LogP contribution is -2.26. The third kappa shape index (κ3) is 4.15. The zero-order valence-electron chi connectivity index (χ0n) is 12.6. The van der Waals surface area contributed by atoms with Crippen molar-refractivity contribution >= 4 is 17.3 Å². The SMILES string of the molecule is CCN(CCC(=O)OC)Cc1nc(-c2cccs2)oc1C. The molecule has 0 saturated carbocycles. The summed E-state index contributed by atoms with van der Waals surface area (Å²) >= 11 is 1.61. The summed E-state index contributed by atoms with van der Waals surface area (Å²) in [7, 11) is 1.41. The first kappa shape index (κ1) is 15.7. The van der Waals surface area contributed by atoms with Gasteiger partial charge in [0.1, 0.15) is 5.76 Å². The highest BCUT2D eigenvalue weighted by Crippen LogP contribution is 2.26. The van der Waals surface area contributed by atoms with Crippen molar-refractivity contribution in [3.8, 4) is 10.8 Å². The number of rotatable bonds is 7. The molecule has 0 saturated heterocycles. The smallest absolute Gasteiger partial charge is 0.306 e. The Morgan fingerprint density at radius 1 is 1.52 bits per heavy atom. The second-order valence-electron chi connectivity index (χ2n) is 4.69. The van der Waals surface area contributed by atoms with Gasteiger partial charge in [-0.05, 0) is 24.9 Å². The molecule has 2 rings (SSSR count). The van der Waals surface area contributed by atoms with E-state index in [4.69, 9.17) is 4.42 Å². The van der Waals surface area contributed by atoms with Crippen LogP contribution in [0.5, 0.6) is 0 Å². The molecule has 6 heteroatoms. The van der Waals surface area contributed by atoms with Gasteiger partial charge in [0.2, 0.25) is 5.89 Å². The van der Waals surface area contributed by atoms with Gasteiger partial charge in [0.05, 0.1) is 24.1 Å². The van der Waals surface area contributed by atoms with Gasteiger partial charge in [0.15, 0.2) is 0 Å². The van der Waals surface area contributed by atoms with E-state index in [1.165, 1.54) is 7.11 Å². The summed E-state index contributed by atoms with van der Waals surface area (Å²) in [6.07, 6.45) is 0.388. The molecule has 0 bridgehead atoms. The van der Waals surface area contributed by atoms with Crippen LogP contribution < -0.4 is 0 Å². The highest BCUT2D eigenvalue weighted by Gasteiger charge is 2.15. The number of aryl methyl sites for hydroxylation is 1. The molecule has 2 aromatic rings. The second-order valence-corrected chi connectivity index (χ2v) is 5.64. The van der Waals surface area contributed by atoms with Crippen molar-refractivity contribution in [1.82, 2.24) is 9.88 Å². The molecule has 0 atom stereocenters. The lowest BCUT2D eigenvalue weighted by atomic mass is 10.3. The molecule has 0 aliphatic heterocycles. The second kappa shape index (κ2) is 7.38. The van der Waals surface area contributed by atoms with Crippen LogP contribution in [0.3, 0.4) is 0 Å². The van der Waals surface area contributed by atoms with E-state index >= 15 is 0 Å². The first-order valence-electron chi connectivity index (χ1n) is 6.93. The number of methoxy groups -OCH3 is 1. The van der Waals surface area contributed by atoms with Crippen LogP contribution in [0.1, 0.15) is 24.8 Å². The lowest BCUT2D eigenvalue weighted by Gasteiger charge is -2.18. The van der Waals surface area contributed by atoms with Gasteiger partial charge in [0.25, 0.3) is 0 Å². The zero-order chi connectivity index (χ0) is 15.2. The third-order valence-electron chi connectivity index (χ3n) is 3.31. The van der Waals surface area contributed by atoms with Crippen molar-refractivity contribution < 1.29 is 13.9 Å². The molecule has 2 aromatic heterocycles. The van der Waals surface area contributed by atoms with E-state index in [1.807, 2.05) is 24.4 Å². The molecular weight excluding hydrogens is 288 g/mol. The monoisotopic (exact) mass is 308 g/mol. The normalized spacial score (nSPS) is 11.0. The summed E-state index contributed by atoms with van der Waals surface area (Å²) in [5.41, 5.74) is 0.921. The van der Waals surface area contributed by atoms with Gasteiger partial charge in [-0.3, -0.25) is 9.69 Å². The minimum atomic E-state index is -0.190. The fourth-order valence-electron chi connectivity index (χ4n) is 1.99. The molecule has 5 nitrogen and oxygen atoms in total. The maximum absolute atomic E-state index is 11.2. The van der Waals surface area contributed by atoms with E-state index in [-0.39, 0.29) is 5.97 Å². The van der Waals surface area contributed by atoms with Crippen molar-refractivity contribution in [2.24, 2.45) is 0 Å². The van der Waals surface area contributed by atoms with Crippen LogP contribution in [0.25, 0.3) is 10.8 Å². The molecule has 0 N–H and O–H groups in total. The Balaban J connectivity index is 2.02. The van der Waals surface area contributed by atoms with E-state index < -0.39 is 0 Å². The van der Waals surface area contributed by atoms with E-state index in [0.717, 1.165) is 22.9 Å². The first-order valence-corrected chi connectivity index (χ1v) is 7.81. The Bertz CT molecular complexity index is 578. The number of thiophene rings is 1. The number of esters is 1. The number of hydrogen-bond acceptors (Lipinski definition) is 6. The Labute approximate surface area is 128 Å². The molecule has 0 aliphatic rings. The molecule has 0 fully saturated rings. The van der Waals surface area contributed by atoms with E-state index in [1.54, 1.807) is 11.3 Å². The van der Waals surface area contributed by atoms with Gasteiger partial charge >= 0.3 is 5.97 Å². The van der Waals surface area contributed by atoms with Crippen LogP contribution in [0.2, 0.25) is 0 Å². The lowest BCUT2D eigenvalue weighted by molar-refractivity contribution is -0.141. The molecular formula is C15H20N2O3S. The predicted molar refractivity (Wildman–Crippen MR) is 82.1 cm³/mol. The summed E-state index contributed by atoms with van der Waals surface area (Å²) in [4.78, 5) is 19.0. The summed E-state index contributed by atoms with van der Waals surface area (Å²) in [5, 5.41) is 2.00. The van der Waals surface area contributed by atoms with Gasteiger partial charge < -0.3 is 9.15 Å². The van der Waals surface area contributed by atoms with Gasteiger partial charge in [0, 0.05) is 13.1 Å². The largest absolute Gasteiger partial charge is 0.469 e. The molecule has 0 aliphatic carbocycles. The Morgan fingerprint density at radius 3 is 2.95 bits per heavy atom. The van der Waals surface area contributed by atoms with E-state index in [0.29, 0.717) is 25.4 Å². The maximum Gasteiger partial charge on any atom is 0.306 e. The van der Waals surface area contributed by atoms with Crippen molar-refractivity contribution in [3.63, 3.8) is 0 Å². The molecule has 0 radical (unpaired) electrons. The number of carbonyl (C=O) groups is 1.